The number of ether oxygens (including phenoxy) is 1. The Morgan fingerprint density at radius 2 is 2.30 bits per heavy atom. The molecule has 2 aliphatic rings. The molecule has 0 bridgehead atoms. The van der Waals surface area contributed by atoms with Crippen molar-refractivity contribution in [2.24, 2.45) is 0 Å². The lowest BCUT2D eigenvalue weighted by Crippen LogP contribution is -2.48. The zero-order valence-corrected chi connectivity index (χ0v) is 13.4. The molecule has 1 aromatic rings. The van der Waals surface area contributed by atoms with Crippen LogP contribution in [0.25, 0.3) is 0 Å². The van der Waals surface area contributed by atoms with Gasteiger partial charge in [-0.1, -0.05) is 17.7 Å². The van der Waals surface area contributed by atoms with Gasteiger partial charge in [0.05, 0.1) is 23.7 Å². The number of carbonyl (C=O) groups excluding carboxylic acids is 1. The van der Waals surface area contributed by atoms with Crippen LogP contribution >= 0.6 is 11.6 Å². The third-order valence-corrected chi connectivity index (χ3v) is 4.83. The van der Waals surface area contributed by atoms with Gasteiger partial charge >= 0.3 is 6.03 Å². The molecule has 23 heavy (non-hydrogen) atoms. The van der Waals surface area contributed by atoms with Gasteiger partial charge in [0.15, 0.2) is 0 Å². The normalized spacial score (nSPS) is 27.4. The minimum absolute atomic E-state index is 0.0274. The monoisotopic (exact) mass is 342 g/mol. The standard InChI is InChI=1S/C16H20ClFN2O3/c17-12-4-3-10(8-13(12)18)15-14(5-7-23-15)19-16(22)20-6-1-2-11(20)9-21/h3-4,8,11,14-15,21H,1-2,5-7,9H2,(H,19,22)/t11-,14?,15?/m0/s1. The van der Waals surface area contributed by atoms with Crippen LogP contribution in [0.3, 0.4) is 0 Å². The van der Waals surface area contributed by atoms with Crippen molar-refractivity contribution in [1.82, 2.24) is 10.2 Å². The summed E-state index contributed by atoms with van der Waals surface area (Å²) < 4.78 is 19.3. The van der Waals surface area contributed by atoms with Crippen LogP contribution in [-0.4, -0.2) is 47.9 Å². The van der Waals surface area contributed by atoms with Gasteiger partial charge in [-0.05, 0) is 37.0 Å². The van der Waals surface area contributed by atoms with E-state index in [1.807, 2.05) is 0 Å². The summed E-state index contributed by atoms with van der Waals surface area (Å²) in [4.78, 5) is 14.1. The highest BCUT2D eigenvalue weighted by atomic mass is 35.5. The number of nitrogens with zero attached hydrogens (tertiary/aromatic N) is 1. The number of carbonyl (C=O) groups is 1. The maximum absolute atomic E-state index is 13.7. The molecule has 0 radical (unpaired) electrons. The Labute approximate surface area is 139 Å². The van der Waals surface area contributed by atoms with E-state index >= 15 is 0 Å². The van der Waals surface area contributed by atoms with Crippen LogP contribution in [0.1, 0.15) is 30.9 Å². The predicted molar refractivity (Wildman–Crippen MR) is 83.9 cm³/mol. The molecule has 2 N–H and O–H groups in total. The largest absolute Gasteiger partial charge is 0.394 e. The molecule has 0 aromatic heterocycles. The molecular formula is C16H20ClFN2O3. The van der Waals surface area contributed by atoms with E-state index in [1.165, 1.54) is 12.1 Å². The smallest absolute Gasteiger partial charge is 0.318 e. The second kappa shape index (κ2) is 7.03. The number of aliphatic hydroxyl groups is 1. The SMILES string of the molecule is O=C(NC1CCOC1c1ccc(Cl)c(F)c1)N1CCC[C@H]1CO. The molecule has 0 saturated carbocycles. The highest BCUT2D eigenvalue weighted by molar-refractivity contribution is 6.30. The van der Waals surface area contributed by atoms with Crippen LogP contribution < -0.4 is 5.32 Å². The van der Waals surface area contributed by atoms with E-state index in [-0.39, 0.29) is 35.8 Å². The minimum Gasteiger partial charge on any atom is -0.394 e. The summed E-state index contributed by atoms with van der Waals surface area (Å²) in [5.41, 5.74) is 0.662. The number of likely N-dealkylation sites (tertiary alicyclic amines) is 1. The number of aliphatic hydroxyl groups excluding tert-OH is 1. The number of rotatable bonds is 3. The van der Waals surface area contributed by atoms with Gasteiger partial charge < -0.3 is 20.1 Å². The van der Waals surface area contributed by atoms with E-state index in [4.69, 9.17) is 16.3 Å². The highest BCUT2D eigenvalue weighted by Gasteiger charge is 2.35. The molecule has 0 spiro atoms. The second-order valence-electron chi connectivity index (χ2n) is 5.98. The van der Waals surface area contributed by atoms with Crippen LogP contribution in [0.5, 0.6) is 0 Å². The van der Waals surface area contributed by atoms with Crippen LogP contribution in [0.2, 0.25) is 5.02 Å². The fourth-order valence-corrected chi connectivity index (χ4v) is 3.41. The topological polar surface area (TPSA) is 61.8 Å². The van der Waals surface area contributed by atoms with Gasteiger partial charge in [-0.15, -0.1) is 0 Å². The fourth-order valence-electron chi connectivity index (χ4n) is 3.29. The highest BCUT2D eigenvalue weighted by Crippen LogP contribution is 2.31. The van der Waals surface area contributed by atoms with Crippen LogP contribution in [0.15, 0.2) is 18.2 Å². The summed E-state index contributed by atoms with van der Waals surface area (Å²) in [6, 6.07) is 4.02. The average Bonchev–Trinajstić information content (AvgIpc) is 3.18. The van der Waals surface area contributed by atoms with Crippen molar-refractivity contribution < 1.29 is 19.0 Å². The maximum atomic E-state index is 13.7. The van der Waals surface area contributed by atoms with Gasteiger partial charge in [0, 0.05) is 13.2 Å². The van der Waals surface area contributed by atoms with Gasteiger partial charge in [-0.2, -0.15) is 0 Å². The van der Waals surface area contributed by atoms with E-state index in [0.29, 0.717) is 25.1 Å². The molecule has 3 rings (SSSR count). The number of urea groups is 1. The average molecular weight is 343 g/mol. The first-order chi connectivity index (χ1) is 11.1. The molecule has 2 unspecified atom stereocenters. The predicted octanol–water partition coefficient (Wildman–Crippen LogP) is 2.48. The Kier molecular flexibility index (Phi) is 5.04. The molecule has 2 aliphatic heterocycles. The summed E-state index contributed by atoms with van der Waals surface area (Å²) in [6.45, 7) is 1.12. The zero-order chi connectivity index (χ0) is 16.4. The van der Waals surface area contributed by atoms with Crippen molar-refractivity contribution in [3.8, 4) is 0 Å². The number of amides is 2. The van der Waals surface area contributed by atoms with E-state index in [9.17, 15) is 14.3 Å². The Balaban J connectivity index is 1.69. The number of halogens is 2. The van der Waals surface area contributed by atoms with Crippen LogP contribution in [0, 0.1) is 5.82 Å². The van der Waals surface area contributed by atoms with Crippen molar-refractivity contribution in [2.45, 2.75) is 37.5 Å². The molecule has 2 saturated heterocycles. The van der Waals surface area contributed by atoms with E-state index < -0.39 is 5.82 Å². The molecule has 2 heterocycles. The van der Waals surface area contributed by atoms with Gasteiger partial charge in [0.25, 0.3) is 0 Å². The third-order valence-electron chi connectivity index (χ3n) is 4.52. The number of hydrogen-bond acceptors (Lipinski definition) is 3. The lowest BCUT2D eigenvalue weighted by Gasteiger charge is -2.27. The number of nitrogens with one attached hydrogen (secondary N) is 1. The lowest BCUT2D eigenvalue weighted by atomic mass is 10.0. The molecule has 1 aromatic carbocycles. The fraction of sp³-hybridized carbons (Fsp3) is 0.562. The molecule has 2 amide bonds. The minimum atomic E-state index is -0.496. The number of benzene rings is 1. The summed E-state index contributed by atoms with van der Waals surface area (Å²) in [6.07, 6.45) is 1.99. The summed E-state index contributed by atoms with van der Waals surface area (Å²) in [5, 5.41) is 12.4. The van der Waals surface area contributed by atoms with Crippen molar-refractivity contribution in [2.75, 3.05) is 19.8 Å². The van der Waals surface area contributed by atoms with Gasteiger partial charge in [0.1, 0.15) is 11.9 Å². The van der Waals surface area contributed by atoms with Gasteiger partial charge in [-0.3, -0.25) is 0 Å². The summed E-state index contributed by atoms with van der Waals surface area (Å²) >= 11 is 5.71. The molecule has 0 aliphatic carbocycles. The van der Waals surface area contributed by atoms with Gasteiger partial charge in [0.2, 0.25) is 0 Å². The molecular weight excluding hydrogens is 323 g/mol. The Hall–Kier alpha value is -1.37. The van der Waals surface area contributed by atoms with E-state index in [1.54, 1.807) is 11.0 Å². The van der Waals surface area contributed by atoms with E-state index in [0.717, 1.165) is 12.8 Å². The lowest BCUT2D eigenvalue weighted by molar-refractivity contribution is 0.0963. The molecule has 126 valence electrons. The van der Waals surface area contributed by atoms with Crippen molar-refractivity contribution in [1.29, 1.82) is 0 Å². The zero-order valence-electron chi connectivity index (χ0n) is 12.7. The molecule has 7 heteroatoms. The second-order valence-corrected chi connectivity index (χ2v) is 6.39. The Morgan fingerprint density at radius 1 is 1.48 bits per heavy atom. The first-order valence-electron chi connectivity index (χ1n) is 7.84. The molecule has 2 fully saturated rings. The van der Waals surface area contributed by atoms with Crippen molar-refractivity contribution in [3.63, 3.8) is 0 Å². The van der Waals surface area contributed by atoms with Crippen LogP contribution in [0.4, 0.5) is 9.18 Å². The van der Waals surface area contributed by atoms with Crippen molar-refractivity contribution in [3.05, 3.63) is 34.6 Å². The molecule has 5 nitrogen and oxygen atoms in total. The first-order valence-corrected chi connectivity index (χ1v) is 8.22. The quantitative estimate of drug-likeness (QED) is 0.887. The number of hydrogen-bond donors (Lipinski definition) is 2. The van der Waals surface area contributed by atoms with Crippen LogP contribution in [-0.2, 0) is 4.74 Å². The Bertz CT molecular complexity index is 586. The van der Waals surface area contributed by atoms with E-state index in [2.05, 4.69) is 5.32 Å². The summed E-state index contributed by atoms with van der Waals surface area (Å²) in [7, 11) is 0. The maximum Gasteiger partial charge on any atom is 0.318 e. The Morgan fingerprint density at radius 3 is 3.04 bits per heavy atom. The third kappa shape index (κ3) is 3.44. The first kappa shape index (κ1) is 16.5. The van der Waals surface area contributed by atoms with Crippen molar-refractivity contribution >= 4 is 17.6 Å². The van der Waals surface area contributed by atoms with Gasteiger partial charge in [-0.25, -0.2) is 9.18 Å². The summed E-state index contributed by atoms with van der Waals surface area (Å²) in [5.74, 6) is -0.496. The molecule has 3 atom stereocenters.